The molecule has 0 unspecified atom stereocenters. The second kappa shape index (κ2) is 8.11. The van der Waals surface area contributed by atoms with Gasteiger partial charge in [0.1, 0.15) is 5.56 Å². The summed E-state index contributed by atoms with van der Waals surface area (Å²) in [6, 6.07) is 18.1. The molecule has 9 heteroatoms. The van der Waals surface area contributed by atoms with E-state index in [9.17, 15) is 23.3 Å². The highest BCUT2D eigenvalue weighted by molar-refractivity contribution is 7.92. The zero-order valence-electron chi connectivity index (χ0n) is 15.3. The molecule has 148 valence electrons. The van der Waals surface area contributed by atoms with Crippen molar-refractivity contribution in [1.29, 1.82) is 0 Å². The number of rotatable bonds is 6. The number of benzene rings is 3. The van der Waals surface area contributed by atoms with Crippen LogP contribution in [0.2, 0.25) is 0 Å². The van der Waals surface area contributed by atoms with Crippen molar-refractivity contribution in [2.24, 2.45) is 0 Å². The van der Waals surface area contributed by atoms with Gasteiger partial charge in [-0.15, -0.1) is 0 Å². The van der Waals surface area contributed by atoms with Crippen LogP contribution >= 0.6 is 0 Å². The monoisotopic (exact) mass is 411 g/mol. The second-order valence-electron chi connectivity index (χ2n) is 6.17. The summed E-state index contributed by atoms with van der Waals surface area (Å²) in [6.45, 7) is 1.79. The first kappa shape index (κ1) is 20.0. The van der Waals surface area contributed by atoms with Crippen molar-refractivity contribution in [3.8, 4) is 0 Å². The number of hydrogen-bond donors (Lipinski definition) is 2. The number of hydrogen-bond acceptors (Lipinski definition) is 5. The van der Waals surface area contributed by atoms with Crippen LogP contribution in [0, 0.1) is 17.0 Å². The Hall–Kier alpha value is -3.72. The maximum atomic E-state index is 12.6. The minimum absolute atomic E-state index is 0.0180. The van der Waals surface area contributed by atoms with Crippen LogP contribution in [0.4, 0.5) is 17.1 Å². The fourth-order valence-corrected chi connectivity index (χ4v) is 3.76. The molecule has 0 spiro atoms. The smallest absolute Gasteiger partial charge is 0.282 e. The summed E-state index contributed by atoms with van der Waals surface area (Å²) in [5.74, 6) is -0.661. The number of nitrogens with zero attached hydrogens (tertiary/aromatic N) is 1. The average Bonchev–Trinajstić information content (AvgIpc) is 2.70. The van der Waals surface area contributed by atoms with Crippen LogP contribution in [-0.4, -0.2) is 19.2 Å². The lowest BCUT2D eigenvalue weighted by atomic mass is 10.1. The molecule has 2 N–H and O–H groups in total. The third-order valence-corrected chi connectivity index (χ3v) is 5.54. The first-order chi connectivity index (χ1) is 13.8. The summed E-state index contributed by atoms with van der Waals surface area (Å²) in [6.07, 6.45) is 0. The van der Waals surface area contributed by atoms with Crippen molar-refractivity contribution in [3.63, 3.8) is 0 Å². The summed E-state index contributed by atoms with van der Waals surface area (Å²) in [4.78, 5) is 22.8. The molecule has 0 atom stereocenters. The lowest BCUT2D eigenvalue weighted by molar-refractivity contribution is -0.385. The average molecular weight is 411 g/mol. The van der Waals surface area contributed by atoms with E-state index < -0.39 is 20.9 Å². The summed E-state index contributed by atoms with van der Waals surface area (Å²) in [5.41, 5.74) is 1.16. The molecule has 3 aromatic carbocycles. The van der Waals surface area contributed by atoms with Gasteiger partial charge in [-0.1, -0.05) is 30.3 Å². The Bertz CT molecular complexity index is 1170. The molecule has 0 fully saturated rings. The van der Waals surface area contributed by atoms with Crippen molar-refractivity contribution in [1.82, 2.24) is 0 Å². The highest BCUT2D eigenvalue weighted by Crippen LogP contribution is 2.22. The molecule has 29 heavy (non-hydrogen) atoms. The Morgan fingerprint density at radius 3 is 2.21 bits per heavy atom. The topological polar surface area (TPSA) is 118 Å². The predicted molar refractivity (Wildman–Crippen MR) is 109 cm³/mol. The van der Waals surface area contributed by atoms with E-state index in [-0.39, 0.29) is 16.1 Å². The number of carbonyl (C=O) groups excluding carboxylic acids is 1. The fourth-order valence-electron chi connectivity index (χ4n) is 2.63. The number of nitro groups is 1. The van der Waals surface area contributed by atoms with Crippen molar-refractivity contribution in [3.05, 3.63) is 94.0 Å². The van der Waals surface area contributed by atoms with Gasteiger partial charge in [0.2, 0.25) is 0 Å². The predicted octanol–water partition coefficient (Wildman–Crippen LogP) is 3.96. The van der Waals surface area contributed by atoms with Gasteiger partial charge in [-0.2, -0.15) is 0 Å². The van der Waals surface area contributed by atoms with Gasteiger partial charge in [0, 0.05) is 11.8 Å². The van der Waals surface area contributed by atoms with Crippen LogP contribution < -0.4 is 10.0 Å². The summed E-state index contributed by atoms with van der Waals surface area (Å²) in [5, 5.41) is 13.6. The molecule has 0 radical (unpaired) electrons. The van der Waals surface area contributed by atoms with Crippen LogP contribution in [0.3, 0.4) is 0 Å². The van der Waals surface area contributed by atoms with Gasteiger partial charge in [0.25, 0.3) is 21.6 Å². The number of anilines is 2. The molecule has 3 rings (SSSR count). The first-order valence-electron chi connectivity index (χ1n) is 8.51. The van der Waals surface area contributed by atoms with E-state index in [1.165, 1.54) is 48.5 Å². The normalized spacial score (nSPS) is 10.9. The lowest BCUT2D eigenvalue weighted by Gasteiger charge is -2.11. The SMILES string of the molecule is Cc1ccccc1NS(=O)(=O)c1ccc(NC(=O)c2ccccc2[N+](=O)[O-])cc1. The van der Waals surface area contributed by atoms with E-state index in [0.717, 1.165) is 5.56 Å². The van der Waals surface area contributed by atoms with E-state index >= 15 is 0 Å². The molecule has 3 aromatic rings. The van der Waals surface area contributed by atoms with Crippen molar-refractivity contribution in [2.45, 2.75) is 11.8 Å². The van der Waals surface area contributed by atoms with Gasteiger partial charge in [0.15, 0.2) is 0 Å². The van der Waals surface area contributed by atoms with Crippen LogP contribution in [0.1, 0.15) is 15.9 Å². The Balaban J connectivity index is 1.78. The fraction of sp³-hybridized carbons (Fsp3) is 0.0500. The standard InChI is InChI=1S/C20H17N3O5S/c1-14-6-2-4-8-18(14)22-29(27,28)16-12-10-15(11-13-16)21-20(24)17-7-3-5-9-19(17)23(25)26/h2-13,22H,1H3,(H,21,24). The summed E-state index contributed by atoms with van der Waals surface area (Å²) < 4.78 is 27.6. The highest BCUT2D eigenvalue weighted by atomic mass is 32.2. The van der Waals surface area contributed by atoms with Gasteiger partial charge in [0.05, 0.1) is 15.5 Å². The largest absolute Gasteiger partial charge is 0.322 e. The maximum absolute atomic E-state index is 12.6. The Labute approximate surface area is 167 Å². The second-order valence-corrected chi connectivity index (χ2v) is 7.86. The Morgan fingerprint density at radius 1 is 0.931 bits per heavy atom. The molecule has 0 aliphatic rings. The lowest BCUT2D eigenvalue weighted by Crippen LogP contribution is -2.15. The number of nitrogens with one attached hydrogen (secondary N) is 2. The zero-order chi connectivity index (χ0) is 21.0. The molecule has 0 aromatic heterocycles. The van der Waals surface area contributed by atoms with Crippen molar-refractivity contribution >= 4 is 33.0 Å². The molecular weight excluding hydrogens is 394 g/mol. The minimum Gasteiger partial charge on any atom is -0.322 e. The van der Waals surface area contributed by atoms with E-state index in [4.69, 9.17) is 0 Å². The molecule has 0 aliphatic carbocycles. The van der Waals surface area contributed by atoms with Gasteiger partial charge in [-0.3, -0.25) is 19.6 Å². The Morgan fingerprint density at radius 2 is 1.55 bits per heavy atom. The van der Waals surface area contributed by atoms with E-state index in [0.29, 0.717) is 11.4 Å². The third-order valence-electron chi connectivity index (χ3n) is 4.16. The Kier molecular flexibility index (Phi) is 5.60. The van der Waals surface area contributed by atoms with Gasteiger partial charge in [-0.05, 0) is 48.9 Å². The molecule has 8 nitrogen and oxygen atoms in total. The van der Waals surface area contributed by atoms with Crippen LogP contribution in [0.25, 0.3) is 0 Å². The molecule has 0 aliphatic heterocycles. The van der Waals surface area contributed by atoms with E-state index in [1.807, 2.05) is 6.07 Å². The number of nitro benzene ring substituents is 1. The molecule has 0 saturated carbocycles. The number of carbonyl (C=O) groups is 1. The molecule has 0 bridgehead atoms. The third kappa shape index (κ3) is 4.58. The molecule has 0 heterocycles. The first-order valence-corrected chi connectivity index (χ1v) is 9.99. The number of amides is 1. The van der Waals surface area contributed by atoms with Crippen molar-refractivity contribution < 1.29 is 18.1 Å². The minimum atomic E-state index is -3.80. The number of sulfonamides is 1. The highest BCUT2D eigenvalue weighted by Gasteiger charge is 2.20. The quantitative estimate of drug-likeness (QED) is 0.470. The van der Waals surface area contributed by atoms with E-state index in [2.05, 4.69) is 10.0 Å². The van der Waals surface area contributed by atoms with Gasteiger partial charge < -0.3 is 5.32 Å². The zero-order valence-corrected chi connectivity index (χ0v) is 16.1. The summed E-state index contributed by atoms with van der Waals surface area (Å²) in [7, 11) is -3.80. The van der Waals surface area contributed by atoms with Crippen LogP contribution in [0.15, 0.2) is 77.7 Å². The number of aryl methyl sites for hydroxylation is 1. The molecule has 1 amide bonds. The molecular formula is C20H17N3O5S. The van der Waals surface area contributed by atoms with Crippen molar-refractivity contribution in [2.75, 3.05) is 10.0 Å². The van der Waals surface area contributed by atoms with Gasteiger partial charge >= 0.3 is 0 Å². The molecule has 0 saturated heterocycles. The maximum Gasteiger partial charge on any atom is 0.282 e. The van der Waals surface area contributed by atoms with Crippen LogP contribution in [-0.2, 0) is 10.0 Å². The van der Waals surface area contributed by atoms with Crippen LogP contribution in [0.5, 0.6) is 0 Å². The van der Waals surface area contributed by atoms with E-state index in [1.54, 1.807) is 25.1 Å². The summed E-state index contributed by atoms with van der Waals surface area (Å²) >= 11 is 0. The van der Waals surface area contributed by atoms with Gasteiger partial charge in [-0.25, -0.2) is 8.42 Å². The number of para-hydroxylation sites is 2.